The van der Waals surface area contributed by atoms with Crippen molar-refractivity contribution in [3.8, 4) is 0 Å². The number of aromatic amines is 1. The van der Waals surface area contributed by atoms with Crippen LogP contribution in [0.2, 0.25) is 10.0 Å². The van der Waals surface area contributed by atoms with Gasteiger partial charge in [-0.25, -0.2) is 0 Å². The van der Waals surface area contributed by atoms with Crippen LogP contribution in [0.3, 0.4) is 0 Å². The average molecular weight is 639 g/mol. The zero-order valence-corrected chi connectivity index (χ0v) is 27.4. The molecule has 3 atom stereocenters. The summed E-state index contributed by atoms with van der Waals surface area (Å²) >= 11 is 13.1. The summed E-state index contributed by atoms with van der Waals surface area (Å²) in [5.41, 5.74) is 7.38. The minimum Gasteiger partial charge on any atom is -0.350 e. The zero-order valence-electron chi connectivity index (χ0n) is 25.9. The lowest BCUT2D eigenvalue weighted by Gasteiger charge is -2.39. The van der Waals surface area contributed by atoms with Crippen LogP contribution < -0.4 is 5.32 Å². The largest absolute Gasteiger partial charge is 0.350 e. The standard InChI is InChI=1S/C37H37Cl2N5O/c1-21(2)20-41-36(23(4)19-40)43-37(45)33-32-31-28(17-27(39)18-29(31)42-33)34(25-12-14-26(38)15-13-25)44-16-8-9-22(3)30(35(32)44)24-10-6-5-7-11-24/h5-8,10-19,21-23,34,40,42H,9,20H2,1-4H3,(H,41,43,45). The average Bonchev–Trinajstić information content (AvgIpc) is 3.32. The van der Waals surface area contributed by atoms with E-state index in [2.05, 4.69) is 84.6 Å². The highest BCUT2D eigenvalue weighted by atomic mass is 35.5. The van der Waals surface area contributed by atoms with Gasteiger partial charge in [0.1, 0.15) is 11.5 Å². The van der Waals surface area contributed by atoms with E-state index < -0.39 is 0 Å². The third kappa shape index (κ3) is 5.85. The summed E-state index contributed by atoms with van der Waals surface area (Å²) in [6.45, 7) is 8.81. The Hall–Kier alpha value is -4.13. The molecule has 0 saturated carbocycles. The molecule has 2 aliphatic heterocycles. The Labute approximate surface area is 274 Å². The summed E-state index contributed by atoms with van der Waals surface area (Å²) in [7, 11) is 0. The predicted molar refractivity (Wildman–Crippen MR) is 187 cm³/mol. The molecule has 0 bridgehead atoms. The lowest BCUT2D eigenvalue weighted by molar-refractivity contribution is 0.0971. The second kappa shape index (κ2) is 12.7. The molecule has 1 aromatic heterocycles. The number of nitrogens with one attached hydrogen (secondary N) is 3. The molecular weight excluding hydrogens is 601 g/mol. The molecule has 3 aromatic carbocycles. The van der Waals surface area contributed by atoms with Gasteiger partial charge in [0, 0.05) is 51.4 Å². The minimum atomic E-state index is -0.343. The maximum absolute atomic E-state index is 14.4. The number of amides is 1. The van der Waals surface area contributed by atoms with Gasteiger partial charge < -0.3 is 20.6 Å². The molecular formula is C37H37Cl2N5O. The fourth-order valence-corrected chi connectivity index (χ4v) is 6.74. The smallest absolute Gasteiger partial charge is 0.273 e. The van der Waals surface area contributed by atoms with E-state index in [0.29, 0.717) is 34.0 Å². The monoisotopic (exact) mass is 637 g/mol. The Morgan fingerprint density at radius 3 is 2.51 bits per heavy atom. The summed E-state index contributed by atoms with van der Waals surface area (Å²) in [5.74, 6) is 0.315. The van der Waals surface area contributed by atoms with E-state index in [4.69, 9.17) is 33.6 Å². The fraction of sp³-hybridized carbons (Fsp3) is 0.270. The lowest BCUT2D eigenvalue weighted by Crippen LogP contribution is -2.37. The van der Waals surface area contributed by atoms with Gasteiger partial charge in [0.15, 0.2) is 0 Å². The molecule has 3 heterocycles. The van der Waals surface area contributed by atoms with Crippen molar-refractivity contribution in [3.05, 3.63) is 117 Å². The molecule has 6 nitrogen and oxygen atoms in total. The summed E-state index contributed by atoms with van der Waals surface area (Å²) in [4.78, 5) is 24.8. The van der Waals surface area contributed by atoms with E-state index in [1.165, 1.54) is 6.21 Å². The highest BCUT2D eigenvalue weighted by molar-refractivity contribution is 6.32. The first-order valence-electron chi connectivity index (χ1n) is 15.4. The number of rotatable bonds is 7. The fourth-order valence-electron chi connectivity index (χ4n) is 6.38. The summed E-state index contributed by atoms with van der Waals surface area (Å²) in [6.07, 6.45) is 6.51. The number of halogens is 2. The second-order valence-corrected chi connectivity index (χ2v) is 13.2. The van der Waals surface area contributed by atoms with Crippen molar-refractivity contribution in [2.24, 2.45) is 22.7 Å². The van der Waals surface area contributed by atoms with E-state index in [1.54, 1.807) is 0 Å². The Morgan fingerprint density at radius 2 is 1.82 bits per heavy atom. The van der Waals surface area contributed by atoms with E-state index in [9.17, 15) is 4.79 Å². The van der Waals surface area contributed by atoms with Gasteiger partial charge in [-0.1, -0.05) is 99.4 Å². The van der Waals surface area contributed by atoms with Crippen LogP contribution in [0.4, 0.5) is 0 Å². The number of allylic oxidation sites excluding steroid dienone is 2. The van der Waals surface area contributed by atoms with E-state index in [-0.39, 0.29) is 23.8 Å². The minimum absolute atomic E-state index is 0.172. The van der Waals surface area contributed by atoms with Gasteiger partial charge in [0.2, 0.25) is 0 Å². The topological polar surface area (TPSA) is 84.3 Å². The first-order chi connectivity index (χ1) is 21.7. The number of benzene rings is 3. The molecule has 3 N–H and O–H groups in total. The Kier molecular flexibility index (Phi) is 8.71. The van der Waals surface area contributed by atoms with Gasteiger partial charge in [-0.3, -0.25) is 9.79 Å². The molecule has 1 amide bonds. The Bertz CT molecular complexity index is 1850. The summed E-state index contributed by atoms with van der Waals surface area (Å²) < 4.78 is 0. The molecule has 4 aromatic rings. The van der Waals surface area contributed by atoms with Crippen molar-refractivity contribution in [2.45, 2.75) is 40.2 Å². The molecule has 0 fully saturated rings. The van der Waals surface area contributed by atoms with Crippen molar-refractivity contribution in [1.29, 1.82) is 5.41 Å². The molecule has 6 rings (SSSR count). The van der Waals surface area contributed by atoms with Gasteiger partial charge in [-0.2, -0.15) is 0 Å². The van der Waals surface area contributed by atoms with Crippen LogP contribution in [0.15, 0.2) is 84.0 Å². The molecule has 45 heavy (non-hydrogen) atoms. The molecule has 230 valence electrons. The number of fused-ring (bicyclic) bond motifs is 2. The first-order valence-corrected chi connectivity index (χ1v) is 16.1. The number of amidine groups is 1. The van der Waals surface area contributed by atoms with Gasteiger partial charge in [0.25, 0.3) is 5.91 Å². The van der Waals surface area contributed by atoms with Crippen molar-refractivity contribution < 1.29 is 4.79 Å². The normalized spacial score (nSPS) is 18.6. The van der Waals surface area contributed by atoms with Crippen LogP contribution >= 0.6 is 23.2 Å². The molecule has 8 heteroatoms. The van der Waals surface area contributed by atoms with E-state index in [1.807, 2.05) is 37.3 Å². The number of hydrogen-bond donors (Lipinski definition) is 3. The Balaban J connectivity index is 1.67. The van der Waals surface area contributed by atoms with Crippen molar-refractivity contribution >= 4 is 63.3 Å². The molecule has 0 radical (unpaired) electrons. The zero-order chi connectivity index (χ0) is 31.8. The number of aliphatic imine (C=N–C) groups is 1. The van der Waals surface area contributed by atoms with Gasteiger partial charge >= 0.3 is 0 Å². The third-order valence-electron chi connectivity index (χ3n) is 8.51. The van der Waals surface area contributed by atoms with Gasteiger partial charge in [-0.05, 0) is 64.8 Å². The predicted octanol–water partition coefficient (Wildman–Crippen LogP) is 9.37. The highest BCUT2D eigenvalue weighted by Crippen LogP contribution is 2.52. The van der Waals surface area contributed by atoms with Crippen LogP contribution in [0.5, 0.6) is 0 Å². The number of hydrogen-bond acceptors (Lipinski definition) is 4. The van der Waals surface area contributed by atoms with E-state index in [0.717, 1.165) is 50.8 Å². The van der Waals surface area contributed by atoms with Crippen LogP contribution in [-0.4, -0.2) is 34.4 Å². The molecule has 0 aliphatic carbocycles. The molecule has 3 unspecified atom stereocenters. The molecule has 2 aliphatic rings. The van der Waals surface area contributed by atoms with Crippen LogP contribution in [0, 0.1) is 23.2 Å². The SMILES string of the molecule is CC(C)CN=C(NC(=O)c1[nH]c2cc(Cl)cc3c2c1C1=C(c2ccccc2)C(C)CC=CN1C3c1ccc(Cl)cc1)C(C)C=N. The number of nitrogens with zero attached hydrogens (tertiary/aromatic N) is 2. The quantitative estimate of drug-likeness (QED) is 0.139. The highest BCUT2D eigenvalue weighted by Gasteiger charge is 2.39. The van der Waals surface area contributed by atoms with E-state index >= 15 is 0 Å². The van der Waals surface area contributed by atoms with Gasteiger partial charge in [0.05, 0.1) is 11.7 Å². The van der Waals surface area contributed by atoms with Crippen molar-refractivity contribution in [3.63, 3.8) is 0 Å². The number of carbonyl (C=O) groups excluding carboxylic acids is 1. The number of carbonyl (C=O) groups is 1. The Morgan fingerprint density at radius 1 is 1.09 bits per heavy atom. The maximum Gasteiger partial charge on any atom is 0.273 e. The lowest BCUT2D eigenvalue weighted by atomic mass is 9.82. The maximum atomic E-state index is 14.4. The second-order valence-electron chi connectivity index (χ2n) is 12.3. The van der Waals surface area contributed by atoms with Gasteiger partial charge in [-0.15, -0.1) is 0 Å². The van der Waals surface area contributed by atoms with Crippen molar-refractivity contribution in [2.75, 3.05) is 6.54 Å². The van der Waals surface area contributed by atoms with Crippen LogP contribution in [0.25, 0.3) is 22.2 Å². The number of aromatic nitrogens is 1. The molecule has 0 saturated heterocycles. The van der Waals surface area contributed by atoms with Crippen molar-refractivity contribution in [1.82, 2.24) is 15.2 Å². The van der Waals surface area contributed by atoms with Crippen LogP contribution in [0.1, 0.15) is 72.9 Å². The summed E-state index contributed by atoms with van der Waals surface area (Å²) in [6, 6.07) is 22.1. The number of H-pyrrole nitrogens is 1. The van der Waals surface area contributed by atoms with Crippen LogP contribution in [-0.2, 0) is 0 Å². The first kappa shape index (κ1) is 30.9. The summed E-state index contributed by atoms with van der Waals surface area (Å²) in [5, 5.41) is 13.2. The third-order valence-corrected chi connectivity index (χ3v) is 8.98. The molecule has 0 spiro atoms.